The Labute approximate surface area is 59.2 Å². The molecular weight excluding hydrogens is 137 g/mol. The highest BCUT2D eigenvalue weighted by molar-refractivity contribution is 8.00. The van der Waals surface area contributed by atoms with E-state index in [-0.39, 0.29) is 0 Å². The molecule has 0 aliphatic carbocycles. The molecule has 0 amide bonds. The van der Waals surface area contributed by atoms with Crippen molar-refractivity contribution in [1.29, 1.82) is 0 Å². The summed E-state index contributed by atoms with van der Waals surface area (Å²) in [6.07, 6.45) is -0.0816. The quantitative estimate of drug-likeness (QED) is 0.648. The average Bonchev–Trinajstić information content (AvgIpc) is 1.60. The molecule has 1 aliphatic heterocycles. The largest absolute Gasteiger partial charge is 0.330 e. The minimum absolute atomic E-state index is 0.318. The van der Waals surface area contributed by atoms with Crippen LogP contribution in [0.1, 0.15) is 6.42 Å². The van der Waals surface area contributed by atoms with Crippen molar-refractivity contribution in [2.45, 2.75) is 12.6 Å². The highest BCUT2D eigenvalue weighted by Crippen LogP contribution is 2.30. The molecule has 0 saturated carbocycles. The molecule has 0 aromatic heterocycles. The van der Waals surface area contributed by atoms with Crippen molar-refractivity contribution in [3.8, 4) is 0 Å². The lowest BCUT2D eigenvalue weighted by Crippen LogP contribution is -2.30. The van der Waals surface area contributed by atoms with E-state index in [2.05, 4.69) is 0 Å². The van der Waals surface area contributed by atoms with Gasteiger partial charge in [-0.2, -0.15) is 11.8 Å². The SMILES string of the molecule is NCCC(F)C1CSC1. The Hall–Kier alpha value is 0.240. The Morgan fingerprint density at radius 3 is 2.67 bits per heavy atom. The smallest absolute Gasteiger partial charge is 0.106 e. The van der Waals surface area contributed by atoms with Crippen molar-refractivity contribution < 1.29 is 4.39 Å². The lowest BCUT2D eigenvalue weighted by molar-refractivity contribution is 0.242. The van der Waals surface area contributed by atoms with Crippen LogP contribution >= 0.6 is 11.8 Å². The van der Waals surface area contributed by atoms with Gasteiger partial charge in [-0.1, -0.05) is 0 Å². The number of alkyl halides is 1. The Morgan fingerprint density at radius 1 is 1.67 bits per heavy atom. The van der Waals surface area contributed by atoms with E-state index >= 15 is 0 Å². The topological polar surface area (TPSA) is 26.0 Å². The summed E-state index contributed by atoms with van der Waals surface area (Å²) in [6, 6.07) is 0. The molecule has 1 fully saturated rings. The summed E-state index contributed by atoms with van der Waals surface area (Å²) in [5.41, 5.74) is 5.20. The minimum atomic E-state index is -0.628. The second kappa shape index (κ2) is 3.42. The van der Waals surface area contributed by atoms with Crippen molar-refractivity contribution in [3.63, 3.8) is 0 Å². The molecule has 0 spiro atoms. The van der Waals surface area contributed by atoms with Gasteiger partial charge in [-0.3, -0.25) is 0 Å². The van der Waals surface area contributed by atoms with Crippen LogP contribution in [0.2, 0.25) is 0 Å². The molecular formula is C6H12FNS. The summed E-state index contributed by atoms with van der Waals surface area (Å²) >= 11 is 1.82. The number of rotatable bonds is 3. The van der Waals surface area contributed by atoms with Crippen LogP contribution in [0.25, 0.3) is 0 Å². The van der Waals surface area contributed by atoms with Gasteiger partial charge in [0.25, 0.3) is 0 Å². The zero-order valence-electron chi connectivity index (χ0n) is 5.35. The van der Waals surface area contributed by atoms with E-state index in [1.165, 1.54) is 0 Å². The summed E-state index contributed by atoms with van der Waals surface area (Å²) in [7, 11) is 0. The second-order valence-corrected chi connectivity index (χ2v) is 3.47. The maximum absolute atomic E-state index is 12.8. The maximum atomic E-state index is 12.8. The summed E-state index contributed by atoms with van der Waals surface area (Å²) in [6.45, 7) is 0.488. The van der Waals surface area contributed by atoms with Crippen molar-refractivity contribution in [3.05, 3.63) is 0 Å². The summed E-state index contributed by atoms with van der Waals surface area (Å²) in [5, 5.41) is 0. The number of nitrogens with two attached hydrogens (primary N) is 1. The maximum Gasteiger partial charge on any atom is 0.106 e. The predicted octanol–water partition coefficient (Wildman–Crippen LogP) is 1.04. The molecule has 1 rings (SSSR count). The van der Waals surface area contributed by atoms with Crippen LogP contribution < -0.4 is 5.73 Å². The van der Waals surface area contributed by atoms with E-state index in [9.17, 15) is 4.39 Å². The van der Waals surface area contributed by atoms with Crippen molar-refractivity contribution >= 4 is 11.8 Å². The third kappa shape index (κ3) is 1.83. The molecule has 1 atom stereocenters. The molecule has 2 N–H and O–H groups in total. The fourth-order valence-electron chi connectivity index (χ4n) is 0.858. The molecule has 1 heterocycles. The fourth-order valence-corrected chi connectivity index (χ4v) is 1.78. The molecule has 0 aromatic carbocycles. The summed E-state index contributed by atoms with van der Waals surface area (Å²) < 4.78 is 12.8. The number of halogens is 1. The standard InChI is InChI=1S/C6H12FNS/c7-6(1-2-8)5-3-9-4-5/h5-6H,1-4,8H2. The van der Waals surface area contributed by atoms with Crippen LogP contribution in [0, 0.1) is 5.92 Å². The number of thioether (sulfide) groups is 1. The highest BCUT2D eigenvalue weighted by Gasteiger charge is 2.26. The first-order chi connectivity index (χ1) is 4.34. The Morgan fingerprint density at radius 2 is 2.33 bits per heavy atom. The van der Waals surface area contributed by atoms with Crippen LogP contribution in [-0.2, 0) is 0 Å². The Kier molecular flexibility index (Phi) is 2.79. The zero-order chi connectivity index (χ0) is 6.69. The fraction of sp³-hybridized carbons (Fsp3) is 1.00. The molecule has 0 radical (unpaired) electrons. The molecule has 0 bridgehead atoms. The highest BCUT2D eigenvalue weighted by atomic mass is 32.2. The first-order valence-electron chi connectivity index (χ1n) is 3.26. The van der Waals surface area contributed by atoms with E-state index in [0.29, 0.717) is 18.9 Å². The van der Waals surface area contributed by atoms with Crippen molar-refractivity contribution in [2.75, 3.05) is 18.1 Å². The molecule has 1 nitrogen and oxygen atoms in total. The molecule has 3 heteroatoms. The molecule has 1 aliphatic rings. The van der Waals surface area contributed by atoms with Crippen molar-refractivity contribution in [1.82, 2.24) is 0 Å². The molecule has 1 unspecified atom stereocenters. The zero-order valence-corrected chi connectivity index (χ0v) is 6.16. The Bertz CT molecular complexity index is 85.1. The second-order valence-electron chi connectivity index (χ2n) is 2.39. The Balaban J connectivity index is 2.08. The van der Waals surface area contributed by atoms with Crippen LogP contribution in [0.5, 0.6) is 0 Å². The van der Waals surface area contributed by atoms with Gasteiger partial charge in [0.1, 0.15) is 6.17 Å². The summed E-state index contributed by atoms with van der Waals surface area (Å²) in [5.74, 6) is 2.32. The third-order valence-corrected chi connectivity index (χ3v) is 2.95. The first-order valence-corrected chi connectivity index (χ1v) is 4.42. The predicted molar refractivity (Wildman–Crippen MR) is 39.4 cm³/mol. The van der Waals surface area contributed by atoms with Crippen molar-refractivity contribution in [2.24, 2.45) is 11.7 Å². The number of hydrogen-bond donors (Lipinski definition) is 1. The van der Waals surface area contributed by atoms with E-state index < -0.39 is 6.17 Å². The van der Waals surface area contributed by atoms with Gasteiger partial charge >= 0.3 is 0 Å². The first kappa shape index (κ1) is 7.35. The molecule has 9 heavy (non-hydrogen) atoms. The van der Waals surface area contributed by atoms with Crippen LogP contribution in [-0.4, -0.2) is 24.2 Å². The normalized spacial score (nSPS) is 23.3. The molecule has 0 aromatic rings. The monoisotopic (exact) mass is 149 g/mol. The van der Waals surface area contributed by atoms with E-state index in [1.807, 2.05) is 11.8 Å². The average molecular weight is 149 g/mol. The van der Waals surface area contributed by atoms with E-state index in [0.717, 1.165) is 11.5 Å². The van der Waals surface area contributed by atoms with Gasteiger partial charge in [0.05, 0.1) is 0 Å². The summed E-state index contributed by atoms with van der Waals surface area (Å²) in [4.78, 5) is 0. The number of hydrogen-bond acceptors (Lipinski definition) is 2. The van der Waals surface area contributed by atoms with Gasteiger partial charge in [-0.05, 0) is 24.5 Å². The molecule has 54 valence electrons. The lowest BCUT2D eigenvalue weighted by Gasteiger charge is -2.27. The minimum Gasteiger partial charge on any atom is -0.330 e. The van der Waals surface area contributed by atoms with E-state index in [1.54, 1.807) is 0 Å². The van der Waals surface area contributed by atoms with Gasteiger partial charge < -0.3 is 5.73 Å². The van der Waals surface area contributed by atoms with Crippen LogP contribution in [0.4, 0.5) is 4.39 Å². The molecule has 1 saturated heterocycles. The van der Waals surface area contributed by atoms with Gasteiger partial charge in [0.15, 0.2) is 0 Å². The van der Waals surface area contributed by atoms with Crippen LogP contribution in [0.15, 0.2) is 0 Å². The van der Waals surface area contributed by atoms with Gasteiger partial charge in [0, 0.05) is 5.92 Å². The van der Waals surface area contributed by atoms with E-state index in [4.69, 9.17) is 5.73 Å². The van der Waals surface area contributed by atoms with Gasteiger partial charge in [-0.25, -0.2) is 4.39 Å². The lowest BCUT2D eigenvalue weighted by atomic mass is 10.1. The third-order valence-electron chi connectivity index (χ3n) is 1.62. The van der Waals surface area contributed by atoms with Gasteiger partial charge in [-0.15, -0.1) is 0 Å². The van der Waals surface area contributed by atoms with Gasteiger partial charge in [0.2, 0.25) is 0 Å². The van der Waals surface area contributed by atoms with Crippen LogP contribution in [0.3, 0.4) is 0 Å².